The highest BCUT2D eigenvalue weighted by molar-refractivity contribution is 7.06. The van der Waals surface area contributed by atoms with E-state index in [-0.39, 0.29) is 36.6 Å². The molecule has 194 valence electrons. The molecule has 0 spiro atoms. The van der Waals surface area contributed by atoms with Gasteiger partial charge in [-0.2, -0.15) is 30.7 Å². The van der Waals surface area contributed by atoms with Crippen LogP contribution < -0.4 is 10.1 Å². The number of carbonyl (C=O) groups excluding carboxylic acids is 1. The van der Waals surface area contributed by atoms with Crippen molar-refractivity contribution in [2.24, 2.45) is 0 Å². The van der Waals surface area contributed by atoms with Crippen LogP contribution in [-0.4, -0.2) is 38.0 Å². The number of unbranched alkanes of at least 4 members (excludes halogenated alkanes) is 2. The number of hydrogen-bond donors (Lipinski definition) is 1. The molecule has 1 N–H and O–H groups in total. The average molecular weight is 533 g/mol. The Labute approximate surface area is 206 Å². The number of rotatable bonds is 10. The Kier molecular flexibility index (Phi) is 8.82. The number of amides is 1. The quantitative estimate of drug-likeness (QED) is 0.254. The van der Waals surface area contributed by atoms with Gasteiger partial charge in [0.15, 0.2) is 5.69 Å². The van der Waals surface area contributed by atoms with Gasteiger partial charge in [-0.1, -0.05) is 0 Å². The van der Waals surface area contributed by atoms with Gasteiger partial charge in [0.2, 0.25) is 5.88 Å². The molecule has 14 heteroatoms. The van der Waals surface area contributed by atoms with Crippen molar-refractivity contribution in [3.05, 3.63) is 58.2 Å². The Hall–Kier alpha value is -3.29. The third kappa shape index (κ3) is 8.14. The monoisotopic (exact) mass is 533 g/mol. The minimum absolute atomic E-state index is 0.0372. The minimum Gasteiger partial charge on any atom is -0.478 e. The van der Waals surface area contributed by atoms with Gasteiger partial charge in [-0.15, -0.1) is 0 Å². The fraction of sp³-hybridized carbons (Fsp3) is 0.409. The molecular formula is C22H21F6N5O2S. The normalized spacial score (nSPS) is 12.0. The van der Waals surface area contributed by atoms with Gasteiger partial charge < -0.3 is 10.1 Å². The molecule has 7 nitrogen and oxygen atoms in total. The maximum atomic E-state index is 12.9. The highest BCUT2D eigenvalue weighted by atomic mass is 32.1. The van der Waals surface area contributed by atoms with E-state index in [0.717, 1.165) is 17.7 Å². The molecule has 0 bridgehead atoms. The van der Waals surface area contributed by atoms with Gasteiger partial charge in [0, 0.05) is 30.0 Å². The fourth-order valence-corrected chi connectivity index (χ4v) is 3.98. The molecule has 0 aliphatic carbocycles. The van der Waals surface area contributed by atoms with Gasteiger partial charge in [0.1, 0.15) is 0 Å². The van der Waals surface area contributed by atoms with Gasteiger partial charge in [0.05, 0.1) is 41.6 Å². The molecule has 1 amide bonds. The zero-order chi connectivity index (χ0) is 26.3. The number of aromatic nitrogens is 4. The number of pyridine rings is 1. The van der Waals surface area contributed by atoms with Crippen molar-refractivity contribution in [3.63, 3.8) is 0 Å². The molecule has 0 radical (unpaired) electrons. The predicted molar refractivity (Wildman–Crippen MR) is 119 cm³/mol. The van der Waals surface area contributed by atoms with Crippen LogP contribution in [0.25, 0.3) is 0 Å². The summed E-state index contributed by atoms with van der Waals surface area (Å²) in [6, 6.07) is 3.07. The highest BCUT2D eigenvalue weighted by Gasteiger charge is 2.33. The second-order valence-electron chi connectivity index (χ2n) is 7.75. The molecule has 0 aliphatic heterocycles. The molecule has 0 aliphatic rings. The molecule has 0 fully saturated rings. The van der Waals surface area contributed by atoms with Crippen molar-refractivity contribution in [1.82, 2.24) is 19.3 Å². The SMILES string of the molecule is Cc1nsc(Cc2cnc(C(F)(F)F)cn2)c1C(=O)Nc1ccc(OCCCCCC(F)(F)F)nc1. The van der Waals surface area contributed by atoms with Crippen LogP contribution in [0.3, 0.4) is 0 Å². The average Bonchev–Trinajstić information content (AvgIpc) is 3.16. The van der Waals surface area contributed by atoms with E-state index in [1.165, 1.54) is 12.3 Å². The van der Waals surface area contributed by atoms with Gasteiger partial charge in [-0.3, -0.25) is 9.78 Å². The summed E-state index contributed by atoms with van der Waals surface area (Å²) in [5, 5.41) is 2.68. The van der Waals surface area contributed by atoms with Crippen LogP contribution in [0.1, 0.15) is 58.0 Å². The maximum Gasteiger partial charge on any atom is 0.434 e. The number of ether oxygens (including phenoxy) is 1. The third-order valence-electron chi connectivity index (χ3n) is 4.85. The Balaban J connectivity index is 1.54. The van der Waals surface area contributed by atoms with Crippen molar-refractivity contribution in [1.29, 1.82) is 0 Å². The highest BCUT2D eigenvalue weighted by Crippen LogP contribution is 2.28. The zero-order valence-electron chi connectivity index (χ0n) is 18.9. The van der Waals surface area contributed by atoms with E-state index in [0.29, 0.717) is 35.3 Å². The van der Waals surface area contributed by atoms with Crippen LogP contribution in [0.5, 0.6) is 5.88 Å². The number of alkyl halides is 6. The predicted octanol–water partition coefficient (Wildman–Crippen LogP) is 6.00. The molecule has 0 saturated heterocycles. The summed E-state index contributed by atoms with van der Waals surface area (Å²) in [7, 11) is 0. The first kappa shape index (κ1) is 27.3. The van der Waals surface area contributed by atoms with E-state index in [4.69, 9.17) is 4.74 Å². The number of nitrogens with one attached hydrogen (secondary N) is 1. The van der Waals surface area contributed by atoms with Gasteiger partial charge in [0.25, 0.3) is 5.91 Å². The summed E-state index contributed by atoms with van der Waals surface area (Å²) in [5.74, 6) is -0.213. The summed E-state index contributed by atoms with van der Waals surface area (Å²) in [4.78, 5) is 24.6. The van der Waals surface area contributed by atoms with E-state index in [1.807, 2.05) is 0 Å². The summed E-state index contributed by atoms with van der Waals surface area (Å²) in [6.07, 6.45) is -5.61. The van der Waals surface area contributed by atoms with E-state index >= 15 is 0 Å². The lowest BCUT2D eigenvalue weighted by atomic mass is 10.1. The van der Waals surface area contributed by atoms with Crippen LogP contribution in [-0.2, 0) is 12.6 Å². The molecule has 3 aromatic heterocycles. The molecule has 3 rings (SSSR count). The number of nitrogens with zero attached hydrogens (tertiary/aromatic N) is 4. The first-order chi connectivity index (χ1) is 16.9. The third-order valence-corrected chi connectivity index (χ3v) is 5.78. The summed E-state index contributed by atoms with van der Waals surface area (Å²) >= 11 is 1.04. The van der Waals surface area contributed by atoms with Crippen molar-refractivity contribution >= 4 is 23.1 Å². The van der Waals surface area contributed by atoms with E-state index in [9.17, 15) is 31.1 Å². The number of anilines is 1. The smallest absolute Gasteiger partial charge is 0.434 e. The van der Waals surface area contributed by atoms with Crippen LogP contribution in [0.2, 0.25) is 0 Å². The first-order valence-electron chi connectivity index (χ1n) is 10.7. The van der Waals surface area contributed by atoms with Gasteiger partial charge >= 0.3 is 12.4 Å². The Morgan fingerprint density at radius 2 is 1.78 bits per heavy atom. The van der Waals surface area contributed by atoms with Gasteiger partial charge in [-0.05, 0) is 43.8 Å². The fourth-order valence-electron chi connectivity index (χ4n) is 3.10. The van der Waals surface area contributed by atoms with Crippen LogP contribution in [0.15, 0.2) is 30.7 Å². The summed E-state index contributed by atoms with van der Waals surface area (Å²) < 4.78 is 84.0. The van der Waals surface area contributed by atoms with Crippen molar-refractivity contribution in [3.8, 4) is 5.88 Å². The first-order valence-corrected chi connectivity index (χ1v) is 11.5. The Bertz CT molecular complexity index is 1150. The lowest BCUT2D eigenvalue weighted by Crippen LogP contribution is -2.15. The lowest BCUT2D eigenvalue weighted by molar-refractivity contribution is -0.141. The molecule has 3 aromatic rings. The van der Waals surface area contributed by atoms with E-state index < -0.39 is 30.4 Å². The largest absolute Gasteiger partial charge is 0.478 e. The van der Waals surface area contributed by atoms with Crippen LogP contribution in [0, 0.1) is 6.92 Å². The summed E-state index contributed by atoms with van der Waals surface area (Å²) in [6.45, 7) is 1.85. The maximum absolute atomic E-state index is 12.9. The van der Waals surface area contributed by atoms with Crippen molar-refractivity contribution in [2.45, 2.75) is 51.4 Å². The van der Waals surface area contributed by atoms with Crippen LogP contribution >= 0.6 is 11.5 Å². The standard InChI is InChI=1S/C22H21F6N5O2S/c1-13-19(16(36-33-13)9-15-11-30-17(12-29-15)22(26,27)28)20(34)32-14-5-6-18(31-10-14)35-8-4-2-3-7-21(23,24)25/h5-6,10-12H,2-4,7-9H2,1H3,(H,32,34). The molecule has 0 unspecified atom stereocenters. The molecule has 0 saturated carbocycles. The van der Waals surface area contributed by atoms with Crippen molar-refractivity contribution in [2.75, 3.05) is 11.9 Å². The lowest BCUT2D eigenvalue weighted by Gasteiger charge is -2.09. The van der Waals surface area contributed by atoms with Crippen molar-refractivity contribution < 1.29 is 35.9 Å². The zero-order valence-corrected chi connectivity index (χ0v) is 19.7. The Morgan fingerprint density at radius 1 is 1.00 bits per heavy atom. The topological polar surface area (TPSA) is 89.9 Å². The van der Waals surface area contributed by atoms with E-state index in [2.05, 4.69) is 24.6 Å². The minimum atomic E-state index is -4.59. The molecule has 0 atom stereocenters. The second-order valence-corrected chi connectivity index (χ2v) is 8.61. The molecule has 3 heterocycles. The number of halogens is 6. The molecule has 36 heavy (non-hydrogen) atoms. The number of aryl methyl sites for hydroxylation is 1. The van der Waals surface area contributed by atoms with Gasteiger partial charge in [-0.25, -0.2) is 9.97 Å². The van der Waals surface area contributed by atoms with Crippen LogP contribution in [0.4, 0.5) is 32.0 Å². The molecular weight excluding hydrogens is 512 g/mol. The number of carbonyl (C=O) groups is 1. The Morgan fingerprint density at radius 3 is 2.39 bits per heavy atom. The summed E-state index contributed by atoms with van der Waals surface area (Å²) in [5.41, 5.74) is 0.239. The van der Waals surface area contributed by atoms with E-state index in [1.54, 1.807) is 13.0 Å². The molecule has 0 aromatic carbocycles. The second kappa shape index (κ2) is 11.6. The number of hydrogen-bond acceptors (Lipinski definition) is 7.